The number of pyridine rings is 1. The van der Waals surface area contributed by atoms with Crippen molar-refractivity contribution in [2.45, 2.75) is 6.54 Å². The minimum Gasteiger partial charge on any atom is -0.300 e. The fourth-order valence-corrected chi connectivity index (χ4v) is 2.70. The normalized spacial score (nSPS) is 10.7. The number of Topliss-reactive ketones (excluding diaryl/α,β-unsaturated/α-hetero) is 1. The topological polar surface area (TPSA) is 82.2 Å². The van der Waals surface area contributed by atoms with Gasteiger partial charge in [0, 0.05) is 33.6 Å². The zero-order valence-electron chi connectivity index (χ0n) is 12.3. The number of carbonyl (C=O) groups is 1. The minimum atomic E-state index is -0.498. The molecule has 0 unspecified atom stereocenters. The summed E-state index contributed by atoms with van der Waals surface area (Å²) in [4.78, 5) is 34.9. The van der Waals surface area contributed by atoms with E-state index in [4.69, 9.17) is 0 Å². The minimum absolute atomic E-state index is 0.0630. The number of halogens is 1. The molecule has 0 aliphatic rings. The maximum atomic E-state index is 12.4. The van der Waals surface area contributed by atoms with Gasteiger partial charge in [-0.3, -0.25) is 19.7 Å². The van der Waals surface area contributed by atoms with Gasteiger partial charge in [-0.25, -0.2) is 0 Å². The summed E-state index contributed by atoms with van der Waals surface area (Å²) >= 11 is 3.30. The van der Waals surface area contributed by atoms with Crippen LogP contribution in [-0.4, -0.2) is 15.3 Å². The maximum Gasteiger partial charge on any atom is 0.270 e. The van der Waals surface area contributed by atoms with Crippen molar-refractivity contribution >= 4 is 38.3 Å². The zero-order valence-corrected chi connectivity index (χ0v) is 13.9. The molecule has 0 radical (unpaired) electrons. The monoisotopic (exact) mass is 386 g/mol. The number of rotatable bonds is 4. The highest BCUT2D eigenvalue weighted by atomic mass is 79.9. The highest BCUT2D eigenvalue weighted by molar-refractivity contribution is 9.10. The van der Waals surface area contributed by atoms with Crippen LogP contribution in [0.3, 0.4) is 0 Å². The number of hydrogen-bond acceptors (Lipinski definition) is 4. The summed E-state index contributed by atoms with van der Waals surface area (Å²) in [5.74, 6) is -0.213. The second-order valence-electron chi connectivity index (χ2n) is 5.19. The summed E-state index contributed by atoms with van der Waals surface area (Å²) in [5, 5.41) is 11.4. The fourth-order valence-electron chi connectivity index (χ4n) is 2.44. The zero-order chi connectivity index (χ0) is 17.3. The number of non-ortho nitro benzene ring substituents is 1. The Hall–Kier alpha value is -2.80. The van der Waals surface area contributed by atoms with E-state index in [0.29, 0.717) is 16.5 Å². The molecule has 120 valence electrons. The number of nitro benzene ring substituents is 1. The van der Waals surface area contributed by atoms with Crippen LogP contribution in [0.5, 0.6) is 0 Å². The Morgan fingerprint density at radius 1 is 1.08 bits per heavy atom. The number of aromatic nitrogens is 1. The standard InChI is InChI=1S/C17H11BrN2O4/c18-13-4-1-11(2-5-13)16(21)10-19-15-7-6-14(20(23)24)9-12(15)3-8-17(19)22/h1-9H,10H2. The van der Waals surface area contributed by atoms with Crippen LogP contribution in [0.1, 0.15) is 10.4 Å². The molecule has 3 aromatic rings. The first-order valence-electron chi connectivity index (χ1n) is 7.02. The van der Waals surface area contributed by atoms with Crippen molar-refractivity contribution in [2.75, 3.05) is 0 Å². The van der Waals surface area contributed by atoms with Crippen LogP contribution in [0.4, 0.5) is 5.69 Å². The lowest BCUT2D eigenvalue weighted by Crippen LogP contribution is -2.23. The van der Waals surface area contributed by atoms with Gasteiger partial charge >= 0.3 is 0 Å². The smallest absolute Gasteiger partial charge is 0.270 e. The van der Waals surface area contributed by atoms with Crippen LogP contribution < -0.4 is 5.56 Å². The highest BCUT2D eigenvalue weighted by Gasteiger charge is 2.13. The van der Waals surface area contributed by atoms with Crippen LogP contribution in [0.2, 0.25) is 0 Å². The van der Waals surface area contributed by atoms with Crippen LogP contribution >= 0.6 is 15.9 Å². The van der Waals surface area contributed by atoms with Crippen molar-refractivity contribution < 1.29 is 9.72 Å². The quantitative estimate of drug-likeness (QED) is 0.390. The molecule has 1 aromatic heterocycles. The summed E-state index contributed by atoms with van der Waals surface area (Å²) in [5.41, 5.74) is 0.580. The second-order valence-corrected chi connectivity index (χ2v) is 6.10. The van der Waals surface area contributed by atoms with E-state index in [2.05, 4.69) is 15.9 Å². The van der Waals surface area contributed by atoms with Crippen molar-refractivity contribution in [2.24, 2.45) is 0 Å². The fraction of sp³-hybridized carbons (Fsp3) is 0.0588. The number of hydrogen-bond donors (Lipinski definition) is 0. The number of nitro groups is 1. The molecule has 0 saturated heterocycles. The average molecular weight is 387 g/mol. The Morgan fingerprint density at radius 2 is 1.79 bits per heavy atom. The summed E-state index contributed by atoms with van der Waals surface area (Å²) in [6.45, 7) is -0.129. The van der Waals surface area contributed by atoms with Gasteiger partial charge in [0.25, 0.3) is 11.2 Å². The molecule has 0 aliphatic heterocycles. The van der Waals surface area contributed by atoms with Gasteiger partial charge in [0.2, 0.25) is 0 Å². The molecule has 7 heteroatoms. The molecule has 0 spiro atoms. The molecule has 0 saturated carbocycles. The molecule has 0 atom stereocenters. The molecular formula is C17H11BrN2O4. The number of ketones is 1. The van der Waals surface area contributed by atoms with Crippen LogP contribution in [0.15, 0.2) is 63.9 Å². The van der Waals surface area contributed by atoms with Gasteiger partial charge in [0.05, 0.1) is 17.0 Å². The van der Waals surface area contributed by atoms with Crippen molar-refractivity contribution in [3.63, 3.8) is 0 Å². The average Bonchev–Trinajstić information content (AvgIpc) is 2.57. The van der Waals surface area contributed by atoms with E-state index in [0.717, 1.165) is 4.47 Å². The number of benzene rings is 2. The first-order valence-corrected chi connectivity index (χ1v) is 7.82. The molecule has 2 aromatic carbocycles. The van der Waals surface area contributed by atoms with Crippen molar-refractivity contribution in [3.8, 4) is 0 Å². The Morgan fingerprint density at radius 3 is 2.46 bits per heavy atom. The summed E-state index contributed by atoms with van der Waals surface area (Å²) in [6, 6.07) is 13.9. The molecule has 0 fully saturated rings. The largest absolute Gasteiger partial charge is 0.300 e. The number of carbonyl (C=O) groups excluding carboxylic acids is 1. The lowest BCUT2D eigenvalue weighted by molar-refractivity contribution is -0.384. The van der Waals surface area contributed by atoms with E-state index < -0.39 is 4.92 Å². The lowest BCUT2D eigenvalue weighted by Gasteiger charge is -2.09. The molecular weight excluding hydrogens is 376 g/mol. The molecule has 1 heterocycles. The number of fused-ring (bicyclic) bond motifs is 1. The Bertz CT molecular complexity index is 1010. The van der Waals surface area contributed by atoms with Gasteiger partial charge in [0.15, 0.2) is 5.78 Å². The number of nitrogens with zero attached hydrogens (tertiary/aromatic N) is 2. The van der Waals surface area contributed by atoms with E-state index in [9.17, 15) is 19.7 Å². The predicted molar refractivity (Wildman–Crippen MR) is 93.3 cm³/mol. The molecule has 24 heavy (non-hydrogen) atoms. The molecule has 3 rings (SSSR count). The Labute approximate surface area is 144 Å². The third-order valence-corrected chi connectivity index (χ3v) is 4.18. The molecule has 0 N–H and O–H groups in total. The van der Waals surface area contributed by atoms with Crippen molar-refractivity contribution in [1.82, 2.24) is 4.57 Å². The molecule has 0 amide bonds. The van der Waals surface area contributed by atoms with E-state index in [1.165, 1.54) is 34.9 Å². The van der Waals surface area contributed by atoms with E-state index in [1.807, 2.05) is 0 Å². The second kappa shape index (κ2) is 6.37. The van der Waals surface area contributed by atoms with E-state index >= 15 is 0 Å². The summed E-state index contributed by atoms with van der Waals surface area (Å²) in [7, 11) is 0. The summed E-state index contributed by atoms with van der Waals surface area (Å²) < 4.78 is 2.18. The first-order chi connectivity index (χ1) is 11.5. The van der Waals surface area contributed by atoms with Crippen LogP contribution in [0, 0.1) is 10.1 Å². The molecule has 0 aliphatic carbocycles. The van der Waals surface area contributed by atoms with Crippen molar-refractivity contribution in [3.05, 3.63) is 85.1 Å². The van der Waals surface area contributed by atoms with Crippen LogP contribution in [-0.2, 0) is 6.54 Å². The van der Waals surface area contributed by atoms with E-state index in [1.54, 1.807) is 24.3 Å². The van der Waals surface area contributed by atoms with Gasteiger partial charge in [-0.15, -0.1) is 0 Å². The van der Waals surface area contributed by atoms with Crippen LogP contribution in [0.25, 0.3) is 10.9 Å². The third-order valence-electron chi connectivity index (χ3n) is 3.65. The third kappa shape index (κ3) is 3.11. The van der Waals surface area contributed by atoms with Gasteiger partial charge in [0.1, 0.15) is 0 Å². The van der Waals surface area contributed by atoms with Gasteiger partial charge < -0.3 is 4.57 Å². The lowest BCUT2D eigenvalue weighted by atomic mass is 10.1. The van der Waals surface area contributed by atoms with Gasteiger partial charge in [-0.1, -0.05) is 28.1 Å². The van der Waals surface area contributed by atoms with Gasteiger partial charge in [-0.05, 0) is 24.3 Å². The van der Waals surface area contributed by atoms with E-state index in [-0.39, 0.29) is 23.6 Å². The summed E-state index contributed by atoms with van der Waals surface area (Å²) in [6.07, 6.45) is 0. The predicted octanol–water partition coefficient (Wildman–Crippen LogP) is 3.56. The Balaban J connectivity index is 2.03. The molecule has 0 bridgehead atoms. The molecule has 6 nitrogen and oxygen atoms in total. The Kier molecular flexibility index (Phi) is 4.26. The van der Waals surface area contributed by atoms with Gasteiger partial charge in [-0.2, -0.15) is 0 Å². The highest BCUT2D eigenvalue weighted by Crippen LogP contribution is 2.20. The first kappa shape index (κ1) is 16.1. The SMILES string of the molecule is O=C(Cn1c(=O)ccc2cc([N+](=O)[O-])ccc21)c1ccc(Br)cc1. The maximum absolute atomic E-state index is 12.4. The van der Waals surface area contributed by atoms with Crippen molar-refractivity contribution in [1.29, 1.82) is 0 Å².